The fraction of sp³-hybridized carbons (Fsp3) is 0.348. The number of aromatic amines is 1. The summed E-state index contributed by atoms with van der Waals surface area (Å²) < 4.78 is 27.1. The molecule has 0 atom stereocenters. The molecule has 1 saturated heterocycles. The molecule has 3 aromatic rings. The van der Waals surface area contributed by atoms with Crippen LogP contribution in [-0.4, -0.2) is 46.9 Å². The summed E-state index contributed by atoms with van der Waals surface area (Å²) in [6, 6.07) is 14.2. The Hall–Kier alpha value is -3.04. The Labute approximate surface area is 188 Å². The fourth-order valence-corrected chi connectivity index (χ4v) is 5.29. The summed E-state index contributed by atoms with van der Waals surface area (Å²) in [5.41, 5.74) is 2.42. The Morgan fingerprint density at radius 1 is 1.09 bits per heavy atom. The second-order valence-electron chi connectivity index (χ2n) is 7.98. The van der Waals surface area contributed by atoms with Crippen molar-refractivity contribution in [3.8, 4) is 11.4 Å². The van der Waals surface area contributed by atoms with Gasteiger partial charge < -0.3 is 5.32 Å². The van der Waals surface area contributed by atoms with Crippen molar-refractivity contribution in [2.75, 3.05) is 18.4 Å². The summed E-state index contributed by atoms with van der Waals surface area (Å²) in [4.78, 5) is 17.0. The van der Waals surface area contributed by atoms with Gasteiger partial charge in [0.15, 0.2) is 5.82 Å². The minimum atomic E-state index is -3.43. The Kier molecular flexibility index (Phi) is 6.66. The molecule has 0 saturated carbocycles. The van der Waals surface area contributed by atoms with Gasteiger partial charge in [-0.25, -0.2) is 13.4 Å². The second kappa shape index (κ2) is 9.62. The van der Waals surface area contributed by atoms with Gasteiger partial charge in [0.25, 0.3) is 0 Å². The molecule has 1 aliphatic heterocycles. The van der Waals surface area contributed by atoms with E-state index in [1.165, 1.54) is 0 Å². The normalized spacial score (nSPS) is 14.9. The highest BCUT2D eigenvalue weighted by atomic mass is 32.2. The fourth-order valence-electron chi connectivity index (χ4n) is 3.77. The number of hydrogen-bond acceptors (Lipinski definition) is 5. The maximum Gasteiger partial charge on any atom is 0.243 e. The van der Waals surface area contributed by atoms with E-state index in [1.807, 2.05) is 31.2 Å². The average Bonchev–Trinajstić information content (AvgIpc) is 3.25. The SMILES string of the molecule is Cc1nc(-c2cccc(NC(=O)CCc3ccc(S(=O)(=O)N4CCCCC4)cc3)c2)n[nH]1. The molecule has 2 heterocycles. The number of nitrogens with one attached hydrogen (secondary N) is 2. The lowest BCUT2D eigenvalue weighted by atomic mass is 10.1. The molecule has 168 valence electrons. The van der Waals surface area contributed by atoms with Crippen molar-refractivity contribution in [1.29, 1.82) is 0 Å². The molecule has 8 nitrogen and oxygen atoms in total. The Bertz CT molecular complexity index is 1180. The van der Waals surface area contributed by atoms with Crippen molar-refractivity contribution >= 4 is 21.6 Å². The van der Waals surface area contributed by atoms with E-state index in [9.17, 15) is 13.2 Å². The van der Waals surface area contributed by atoms with Gasteiger partial charge in [-0.1, -0.05) is 30.7 Å². The van der Waals surface area contributed by atoms with E-state index in [4.69, 9.17) is 0 Å². The van der Waals surface area contributed by atoms with E-state index in [-0.39, 0.29) is 5.91 Å². The van der Waals surface area contributed by atoms with Crippen LogP contribution in [0.2, 0.25) is 0 Å². The molecule has 0 bridgehead atoms. The maximum atomic E-state index is 12.8. The number of H-pyrrole nitrogens is 1. The molecule has 1 aromatic heterocycles. The number of carbonyl (C=O) groups excluding carboxylic acids is 1. The standard InChI is InChI=1S/C23H27N5O3S/c1-17-24-23(27-26-17)19-6-5-7-20(16-19)25-22(29)13-10-18-8-11-21(12-9-18)32(30,31)28-14-3-2-4-15-28/h5-9,11-12,16H,2-4,10,13-15H2,1H3,(H,25,29)(H,24,26,27). The van der Waals surface area contributed by atoms with Crippen LogP contribution in [0.4, 0.5) is 5.69 Å². The van der Waals surface area contributed by atoms with Crippen LogP contribution in [0.5, 0.6) is 0 Å². The zero-order chi connectivity index (χ0) is 22.6. The van der Waals surface area contributed by atoms with Crippen LogP contribution >= 0.6 is 0 Å². The first kappa shape index (κ1) is 22.2. The number of benzene rings is 2. The van der Waals surface area contributed by atoms with Gasteiger partial charge in [-0.15, -0.1) is 0 Å². The van der Waals surface area contributed by atoms with Gasteiger partial charge in [0.05, 0.1) is 4.90 Å². The number of aryl methyl sites for hydroxylation is 2. The average molecular weight is 454 g/mol. The Morgan fingerprint density at radius 2 is 1.84 bits per heavy atom. The third kappa shape index (κ3) is 5.23. The van der Waals surface area contributed by atoms with Gasteiger partial charge in [-0.05, 0) is 56.0 Å². The maximum absolute atomic E-state index is 12.8. The topological polar surface area (TPSA) is 108 Å². The largest absolute Gasteiger partial charge is 0.326 e. The first-order valence-corrected chi connectivity index (χ1v) is 12.2. The van der Waals surface area contributed by atoms with Crippen molar-refractivity contribution < 1.29 is 13.2 Å². The summed E-state index contributed by atoms with van der Waals surface area (Å²) in [7, 11) is -3.43. The van der Waals surface area contributed by atoms with Crippen LogP contribution in [0.3, 0.4) is 0 Å². The van der Waals surface area contributed by atoms with E-state index in [2.05, 4.69) is 20.5 Å². The molecule has 0 spiro atoms. The zero-order valence-electron chi connectivity index (χ0n) is 18.0. The third-order valence-electron chi connectivity index (χ3n) is 5.52. The molecule has 0 unspecified atom stereocenters. The highest BCUT2D eigenvalue weighted by molar-refractivity contribution is 7.89. The number of anilines is 1. The first-order chi connectivity index (χ1) is 15.4. The molecular formula is C23H27N5O3S. The summed E-state index contributed by atoms with van der Waals surface area (Å²) >= 11 is 0. The lowest BCUT2D eigenvalue weighted by Crippen LogP contribution is -2.35. The monoisotopic (exact) mass is 453 g/mol. The molecule has 32 heavy (non-hydrogen) atoms. The van der Waals surface area contributed by atoms with Crippen molar-refractivity contribution in [3.63, 3.8) is 0 Å². The van der Waals surface area contributed by atoms with Crippen LogP contribution in [-0.2, 0) is 21.2 Å². The number of aromatic nitrogens is 3. The number of carbonyl (C=O) groups is 1. The predicted molar refractivity (Wildman–Crippen MR) is 123 cm³/mol. The predicted octanol–water partition coefficient (Wildman–Crippen LogP) is 3.53. The van der Waals surface area contributed by atoms with E-state index >= 15 is 0 Å². The van der Waals surface area contributed by atoms with E-state index in [1.54, 1.807) is 28.6 Å². The smallest absolute Gasteiger partial charge is 0.243 e. The highest BCUT2D eigenvalue weighted by Gasteiger charge is 2.25. The number of rotatable bonds is 7. The van der Waals surface area contributed by atoms with Gasteiger partial charge in [-0.3, -0.25) is 9.89 Å². The zero-order valence-corrected chi connectivity index (χ0v) is 18.9. The van der Waals surface area contributed by atoms with Gasteiger partial charge in [-0.2, -0.15) is 9.40 Å². The quantitative estimate of drug-likeness (QED) is 0.569. The van der Waals surface area contributed by atoms with E-state index < -0.39 is 10.0 Å². The van der Waals surface area contributed by atoms with Crippen LogP contribution in [0.1, 0.15) is 37.1 Å². The molecule has 0 aliphatic carbocycles. The minimum Gasteiger partial charge on any atom is -0.326 e. The molecule has 2 N–H and O–H groups in total. The summed E-state index contributed by atoms with van der Waals surface area (Å²) in [6.07, 6.45) is 3.72. The van der Waals surface area contributed by atoms with Crippen LogP contribution < -0.4 is 5.32 Å². The Morgan fingerprint density at radius 3 is 2.53 bits per heavy atom. The van der Waals surface area contributed by atoms with Gasteiger partial charge in [0, 0.05) is 30.8 Å². The van der Waals surface area contributed by atoms with Crippen LogP contribution in [0.25, 0.3) is 11.4 Å². The first-order valence-electron chi connectivity index (χ1n) is 10.8. The number of amides is 1. The van der Waals surface area contributed by atoms with Gasteiger partial charge >= 0.3 is 0 Å². The van der Waals surface area contributed by atoms with Crippen LogP contribution in [0.15, 0.2) is 53.4 Å². The molecule has 1 fully saturated rings. The van der Waals surface area contributed by atoms with Gasteiger partial charge in [0.2, 0.25) is 15.9 Å². The third-order valence-corrected chi connectivity index (χ3v) is 7.43. The lowest BCUT2D eigenvalue weighted by molar-refractivity contribution is -0.116. The summed E-state index contributed by atoms with van der Waals surface area (Å²) in [5, 5.41) is 9.85. The van der Waals surface area contributed by atoms with Crippen molar-refractivity contribution in [1.82, 2.24) is 19.5 Å². The van der Waals surface area contributed by atoms with E-state index in [0.717, 1.165) is 36.2 Å². The number of hydrogen-bond donors (Lipinski definition) is 2. The number of nitrogens with zero attached hydrogens (tertiary/aromatic N) is 3. The Balaban J connectivity index is 1.33. The van der Waals surface area contributed by atoms with Crippen molar-refractivity contribution in [2.24, 2.45) is 0 Å². The number of sulfonamides is 1. The molecule has 1 amide bonds. The molecular weight excluding hydrogens is 426 g/mol. The minimum absolute atomic E-state index is 0.113. The highest BCUT2D eigenvalue weighted by Crippen LogP contribution is 2.22. The summed E-state index contributed by atoms with van der Waals surface area (Å²) in [5.74, 6) is 1.20. The lowest BCUT2D eigenvalue weighted by Gasteiger charge is -2.25. The number of piperidine rings is 1. The molecule has 1 aliphatic rings. The molecule has 4 rings (SSSR count). The van der Waals surface area contributed by atoms with Crippen molar-refractivity contribution in [3.05, 3.63) is 59.9 Å². The molecule has 0 radical (unpaired) electrons. The van der Waals surface area contributed by atoms with Crippen molar-refractivity contribution in [2.45, 2.75) is 43.9 Å². The molecule has 2 aromatic carbocycles. The van der Waals surface area contributed by atoms with Gasteiger partial charge in [0.1, 0.15) is 5.82 Å². The van der Waals surface area contributed by atoms with E-state index in [0.29, 0.717) is 42.3 Å². The summed E-state index contributed by atoms with van der Waals surface area (Å²) in [6.45, 7) is 3.00. The molecule has 9 heteroatoms. The van der Waals surface area contributed by atoms with Crippen LogP contribution in [0, 0.1) is 6.92 Å². The second-order valence-corrected chi connectivity index (χ2v) is 9.92.